The van der Waals surface area contributed by atoms with Crippen molar-refractivity contribution in [3.05, 3.63) is 65.9 Å². The fourth-order valence-electron chi connectivity index (χ4n) is 2.67. The van der Waals surface area contributed by atoms with Gasteiger partial charge in [0.15, 0.2) is 0 Å². The monoisotopic (exact) mass is 392 g/mol. The van der Waals surface area contributed by atoms with Crippen LogP contribution in [0.15, 0.2) is 59.7 Å². The van der Waals surface area contributed by atoms with Crippen LogP contribution in [0.5, 0.6) is 11.5 Å². The second-order valence-electron chi connectivity index (χ2n) is 6.50. The van der Waals surface area contributed by atoms with Crippen LogP contribution in [0.3, 0.4) is 0 Å². The molecule has 0 saturated heterocycles. The molecule has 0 bridgehead atoms. The Labute approximate surface area is 169 Å². The number of amides is 1. The van der Waals surface area contributed by atoms with Crippen molar-refractivity contribution in [3.8, 4) is 22.8 Å². The number of carbonyl (C=O) groups is 1. The molecule has 150 valence electrons. The van der Waals surface area contributed by atoms with Crippen molar-refractivity contribution in [3.63, 3.8) is 0 Å². The SMILES string of the molecule is CCCCCOc1ccc(-c2cc(C(=O)NN=Cc3ccccc3O)[nH]n2)cc1. The summed E-state index contributed by atoms with van der Waals surface area (Å²) in [5, 5.41) is 20.4. The molecule has 7 heteroatoms. The fourth-order valence-corrected chi connectivity index (χ4v) is 2.67. The maximum atomic E-state index is 12.2. The number of ether oxygens (including phenoxy) is 1. The number of aromatic hydroxyl groups is 1. The minimum Gasteiger partial charge on any atom is -0.507 e. The van der Waals surface area contributed by atoms with Gasteiger partial charge >= 0.3 is 0 Å². The molecule has 0 aliphatic heterocycles. The second-order valence-corrected chi connectivity index (χ2v) is 6.50. The summed E-state index contributed by atoms with van der Waals surface area (Å²) in [6.45, 7) is 2.87. The molecule has 3 N–H and O–H groups in total. The van der Waals surface area contributed by atoms with E-state index in [9.17, 15) is 9.90 Å². The van der Waals surface area contributed by atoms with E-state index < -0.39 is 5.91 Å². The molecule has 7 nitrogen and oxygen atoms in total. The second kappa shape index (κ2) is 10.1. The van der Waals surface area contributed by atoms with E-state index in [1.807, 2.05) is 24.3 Å². The molecule has 0 fully saturated rings. The van der Waals surface area contributed by atoms with Gasteiger partial charge in [-0.2, -0.15) is 10.2 Å². The summed E-state index contributed by atoms with van der Waals surface area (Å²) in [5.74, 6) is 0.482. The van der Waals surface area contributed by atoms with E-state index in [1.54, 1.807) is 30.3 Å². The van der Waals surface area contributed by atoms with Gasteiger partial charge in [-0.1, -0.05) is 31.9 Å². The first-order chi connectivity index (χ1) is 14.2. The van der Waals surface area contributed by atoms with Crippen LogP contribution in [0, 0.1) is 0 Å². The normalized spacial score (nSPS) is 10.9. The highest BCUT2D eigenvalue weighted by molar-refractivity contribution is 5.94. The molecule has 0 atom stereocenters. The predicted molar refractivity (Wildman–Crippen MR) is 112 cm³/mol. The van der Waals surface area contributed by atoms with Crippen molar-refractivity contribution in [1.29, 1.82) is 0 Å². The van der Waals surface area contributed by atoms with Crippen molar-refractivity contribution >= 4 is 12.1 Å². The number of para-hydroxylation sites is 1. The number of hydrogen-bond acceptors (Lipinski definition) is 5. The Bertz CT molecular complexity index is 964. The molecule has 2 aromatic carbocycles. The number of nitrogens with one attached hydrogen (secondary N) is 2. The summed E-state index contributed by atoms with van der Waals surface area (Å²) >= 11 is 0. The van der Waals surface area contributed by atoms with Crippen LogP contribution >= 0.6 is 0 Å². The van der Waals surface area contributed by atoms with Gasteiger partial charge in [-0.25, -0.2) is 5.43 Å². The molecule has 1 aromatic heterocycles. The number of aromatic amines is 1. The van der Waals surface area contributed by atoms with Gasteiger partial charge in [-0.3, -0.25) is 9.89 Å². The number of unbranched alkanes of at least 4 members (excludes halogenated alkanes) is 2. The predicted octanol–water partition coefficient (Wildman–Crippen LogP) is 4.12. The topological polar surface area (TPSA) is 99.6 Å². The zero-order valence-electron chi connectivity index (χ0n) is 16.3. The van der Waals surface area contributed by atoms with Crippen LogP contribution in [0.25, 0.3) is 11.3 Å². The fraction of sp³-hybridized carbons (Fsp3) is 0.227. The van der Waals surface area contributed by atoms with Crippen molar-refractivity contribution in [1.82, 2.24) is 15.6 Å². The summed E-state index contributed by atoms with van der Waals surface area (Å²) in [6.07, 6.45) is 4.75. The summed E-state index contributed by atoms with van der Waals surface area (Å²) in [5.41, 5.74) is 4.73. The van der Waals surface area contributed by atoms with E-state index >= 15 is 0 Å². The third-order valence-corrected chi connectivity index (χ3v) is 4.30. The molecule has 0 aliphatic rings. The maximum absolute atomic E-state index is 12.2. The molecule has 0 radical (unpaired) electrons. The first-order valence-corrected chi connectivity index (χ1v) is 9.57. The van der Waals surface area contributed by atoms with E-state index in [0.29, 0.717) is 17.9 Å². The summed E-state index contributed by atoms with van der Waals surface area (Å²) in [6, 6.07) is 16.0. The standard InChI is InChI=1S/C22H24N4O3/c1-2-3-6-13-29-18-11-9-16(10-12-18)19-14-20(25-24-19)22(28)26-23-15-17-7-4-5-8-21(17)27/h4-5,7-12,14-15,27H,2-3,6,13H2,1H3,(H,24,25)(H,26,28). The highest BCUT2D eigenvalue weighted by Gasteiger charge is 2.10. The minimum atomic E-state index is -0.425. The number of carbonyl (C=O) groups excluding carboxylic acids is 1. The van der Waals surface area contributed by atoms with Crippen LogP contribution in [0.2, 0.25) is 0 Å². The maximum Gasteiger partial charge on any atom is 0.289 e. The Morgan fingerprint density at radius 3 is 2.76 bits per heavy atom. The average molecular weight is 392 g/mol. The number of hydrogen-bond donors (Lipinski definition) is 3. The quantitative estimate of drug-likeness (QED) is 0.290. The number of phenols is 1. The van der Waals surface area contributed by atoms with E-state index in [1.165, 1.54) is 6.21 Å². The Morgan fingerprint density at radius 2 is 2.00 bits per heavy atom. The molecule has 0 aliphatic carbocycles. The molecular formula is C22H24N4O3. The lowest BCUT2D eigenvalue weighted by Gasteiger charge is -2.06. The van der Waals surface area contributed by atoms with Crippen LogP contribution < -0.4 is 10.2 Å². The molecule has 29 heavy (non-hydrogen) atoms. The molecule has 0 unspecified atom stereocenters. The van der Waals surface area contributed by atoms with Gasteiger partial charge in [0.1, 0.15) is 17.2 Å². The number of phenolic OH excluding ortho intramolecular Hbond substituents is 1. The molecule has 3 aromatic rings. The van der Waals surface area contributed by atoms with Gasteiger partial charge in [-0.15, -0.1) is 0 Å². The van der Waals surface area contributed by atoms with Crippen LogP contribution in [0.4, 0.5) is 0 Å². The molecular weight excluding hydrogens is 368 g/mol. The molecule has 1 amide bonds. The zero-order valence-corrected chi connectivity index (χ0v) is 16.3. The van der Waals surface area contributed by atoms with E-state index in [4.69, 9.17) is 4.74 Å². The third-order valence-electron chi connectivity index (χ3n) is 4.30. The molecule has 1 heterocycles. The Hall–Kier alpha value is -3.61. The van der Waals surface area contributed by atoms with Crippen molar-refractivity contribution in [2.24, 2.45) is 5.10 Å². The lowest BCUT2D eigenvalue weighted by Crippen LogP contribution is -2.18. The smallest absolute Gasteiger partial charge is 0.289 e. The number of hydrazone groups is 1. The van der Waals surface area contributed by atoms with Gasteiger partial charge in [0, 0.05) is 11.1 Å². The van der Waals surface area contributed by atoms with E-state index in [-0.39, 0.29) is 11.4 Å². The Balaban J connectivity index is 1.57. The number of nitrogens with zero attached hydrogens (tertiary/aromatic N) is 2. The molecule has 0 spiro atoms. The molecule has 3 rings (SSSR count). The average Bonchev–Trinajstić information content (AvgIpc) is 3.23. The van der Waals surface area contributed by atoms with Gasteiger partial charge in [0.2, 0.25) is 0 Å². The third kappa shape index (κ3) is 5.68. The van der Waals surface area contributed by atoms with Gasteiger partial charge in [0.05, 0.1) is 18.5 Å². The van der Waals surface area contributed by atoms with Gasteiger partial charge < -0.3 is 9.84 Å². The lowest BCUT2D eigenvalue weighted by atomic mass is 10.1. The first-order valence-electron chi connectivity index (χ1n) is 9.57. The number of benzene rings is 2. The highest BCUT2D eigenvalue weighted by atomic mass is 16.5. The van der Waals surface area contributed by atoms with Crippen molar-refractivity contribution in [2.75, 3.05) is 6.61 Å². The summed E-state index contributed by atoms with van der Waals surface area (Å²) < 4.78 is 5.71. The van der Waals surface area contributed by atoms with Gasteiger partial charge in [0.25, 0.3) is 5.91 Å². The van der Waals surface area contributed by atoms with Crippen LogP contribution in [0.1, 0.15) is 42.2 Å². The zero-order chi connectivity index (χ0) is 20.5. The minimum absolute atomic E-state index is 0.0899. The van der Waals surface area contributed by atoms with Crippen molar-refractivity contribution in [2.45, 2.75) is 26.2 Å². The number of rotatable bonds is 9. The van der Waals surface area contributed by atoms with E-state index in [0.717, 1.165) is 30.6 Å². The van der Waals surface area contributed by atoms with Gasteiger partial charge in [-0.05, 0) is 48.9 Å². The van der Waals surface area contributed by atoms with Crippen LogP contribution in [-0.2, 0) is 0 Å². The lowest BCUT2D eigenvalue weighted by molar-refractivity contribution is 0.0950. The summed E-state index contributed by atoms with van der Waals surface area (Å²) in [7, 11) is 0. The molecule has 0 saturated carbocycles. The van der Waals surface area contributed by atoms with Crippen LogP contribution in [-0.4, -0.2) is 34.0 Å². The number of aromatic nitrogens is 2. The van der Waals surface area contributed by atoms with Crippen molar-refractivity contribution < 1.29 is 14.6 Å². The largest absolute Gasteiger partial charge is 0.507 e. The number of H-pyrrole nitrogens is 1. The Kier molecular flexibility index (Phi) is 7.00. The Morgan fingerprint density at radius 1 is 1.21 bits per heavy atom. The first kappa shape index (κ1) is 20.1. The van der Waals surface area contributed by atoms with E-state index in [2.05, 4.69) is 27.6 Å². The summed E-state index contributed by atoms with van der Waals surface area (Å²) in [4.78, 5) is 12.2. The highest BCUT2D eigenvalue weighted by Crippen LogP contribution is 2.21.